The van der Waals surface area contributed by atoms with Crippen LogP contribution in [0.1, 0.15) is 36.9 Å². The van der Waals surface area contributed by atoms with Gasteiger partial charge in [-0.25, -0.2) is 9.37 Å². The minimum absolute atomic E-state index is 0.00209. The van der Waals surface area contributed by atoms with Gasteiger partial charge in [0.05, 0.1) is 16.6 Å². The average molecular weight is 292 g/mol. The van der Waals surface area contributed by atoms with E-state index >= 15 is 0 Å². The van der Waals surface area contributed by atoms with Crippen molar-refractivity contribution in [2.75, 3.05) is 0 Å². The summed E-state index contributed by atoms with van der Waals surface area (Å²) in [7, 11) is 0. The SMILES string of the molecule is CCC(=O)N[C@H](C)c1sc(-c2ccccc2F)nc1C. The monoisotopic (exact) mass is 292 g/mol. The molecule has 0 saturated carbocycles. The van der Waals surface area contributed by atoms with E-state index in [4.69, 9.17) is 0 Å². The molecule has 106 valence electrons. The van der Waals surface area contributed by atoms with E-state index in [1.807, 2.05) is 20.8 Å². The highest BCUT2D eigenvalue weighted by Gasteiger charge is 2.17. The van der Waals surface area contributed by atoms with Gasteiger partial charge in [-0.05, 0) is 26.0 Å². The molecule has 0 bridgehead atoms. The summed E-state index contributed by atoms with van der Waals surface area (Å²) < 4.78 is 13.8. The summed E-state index contributed by atoms with van der Waals surface area (Å²) in [5.41, 5.74) is 1.33. The second kappa shape index (κ2) is 6.13. The third-order valence-electron chi connectivity index (χ3n) is 3.03. The van der Waals surface area contributed by atoms with Crippen LogP contribution in [-0.4, -0.2) is 10.9 Å². The molecular weight excluding hydrogens is 275 g/mol. The summed E-state index contributed by atoms with van der Waals surface area (Å²) in [4.78, 5) is 16.8. The number of nitrogens with one attached hydrogen (secondary N) is 1. The summed E-state index contributed by atoms with van der Waals surface area (Å²) in [6.45, 7) is 5.61. The first-order chi connectivity index (χ1) is 9.52. The van der Waals surface area contributed by atoms with E-state index in [2.05, 4.69) is 10.3 Å². The number of thiazole rings is 1. The van der Waals surface area contributed by atoms with Crippen molar-refractivity contribution in [2.45, 2.75) is 33.2 Å². The van der Waals surface area contributed by atoms with Crippen molar-refractivity contribution in [2.24, 2.45) is 0 Å². The maximum Gasteiger partial charge on any atom is 0.220 e. The Kier molecular flexibility index (Phi) is 4.49. The topological polar surface area (TPSA) is 42.0 Å². The Hall–Kier alpha value is -1.75. The van der Waals surface area contributed by atoms with Crippen molar-refractivity contribution in [1.29, 1.82) is 0 Å². The van der Waals surface area contributed by atoms with Gasteiger partial charge in [-0.15, -0.1) is 11.3 Å². The van der Waals surface area contributed by atoms with Crippen molar-refractivity contribution in [3.8, 4) is 10.6 Å². The average Bonchev–Trinajstić information content (AvgIpc) is 2.81. The minimum atomic E-state index is -0.280. The molecule has 1 amide bonds. The lowest BCUT2D eigenvalue weighted by Gasteiger charge is -2.11. The van der Waals surface area contributed by atoms with Gasteiger partial charge in [-0.3, -0.25) is 4.79 Å². The smallest absolute Gasteiger partial charge is 0.220 e. The van der Waals surface area contributed by atoms with E-state index in [1.54, 1.807) is 18.2 Å². The molecule has 0 saturated heterocycles. The molecule has 0 aliphatic carbocycles. The molecule has 1 heterocycles. The zero-order chi connectivity index (χ0) is 14.7. The molecule has 0 aliphatic rings. The Morgan fingerprint density at radius 1 is 1.45 bits per heavy atom. The van der Waals surface area contributed by atoms with Gasteiger partial charge in [-0.2, -0.15) is 0 Å². The van der Waals surface area contributed by atoms with Crippen LogP contribution < -0.4 is 5.32 Å². The Labute approximate surface area is 121 Å². The van der Waals surface area contributed by atoms with Crippen LogP contribution in [0.15, 0.2) is 24.3 Å². The maximum absolute atomic E-state index is 13.8. The van der Waals surface area contributed by atoms with Gasteiger partial charge in [-0.1, -0.05) is 19.1 Å². The summed E-state index contributed by atoms with van der Waals surface area (Å²) in [5.74, 6) is -0.282. The first-order valence-electron chi connectivity index (χ1n) is 6.54. The molecule has 1 N–H and O–H groups in total. The Morgan fingerprint density at radius 3 is 2.80 bits per heavy atom. The molecular formula is C15H17FN2OS. The van der Waals surface area contributed by atoms with Gasteiger partial charge in [0, 0.05) is 12.0 Å². The van der Waals surface area contributed by atoms with Crippen LogP contribution in [0.25, 0.3) is 10.6 Å². The predicted octanol–water partition coefficient (Wildman–Crippen LogP) is 3.84. The van der Waals surface area contributed by atoms with Crippen molar-refractivity contribution >= 4 is 17.2 Å². The minimum Gasteiger partial charge on any atom is -0.349 e. The first kappa shape index (κ1) is 14.7. The van der Waals surface area contributed by atoms with E-state index in [1.165, 1.54) is 17.4 Å². The van der Waals surface area contributed by atoms with E-state index in [9.17, 15) is 9.18 Å². The molecule has 5 heteroatoms. The number of halogens is 1. The lowest BCUT2D eigenvalue weighted by molar-refractivity contribution is -0.121. The van der Waals surface area contributed by atoms with Gasteiger partial charge in [0.2, 0.25) is 5.91 Å². The van der Waals surface area contributed by atoms with Crippen molar-refractivity contribution in [3.05, 3.63) is 40.7 Å². The molecule has 1 aromatic heterocycles. The molecule has 0 radical (unpaired) electrons. The number of amides is 1. The van der Waals surface area contributed by atoms with Crippen LogP contribution in [0, 0.1) is 12.7 Å². The third-order valence-corrected chi connectivity index (χ3v) is 4.40. The van der Waals surface area contributed by atoms with E-state index < -0.39 is 0 Å². The number of benzene rings is 1. The second-order valence-electron chi connectivity index (χ2n) is 4.59. The molecule has 2 rings (SSSR count). The number of nitrogens with zero attached hydrogens (tertiary/aromatic N) is 1. The Bertz CT molecular complexity index is 624. The number of hydrogen-bond donors (Lipinski definition) is 1. The number of aromatic nitrogens is 1. The van der Waals surface area contributed by atoms with Crippen molar-refractivity contribution < 1.29 is 9.18 Å². The van der Waals surface area contributed by atoms with Crippen LogP contribution in [0.3, 0.4) is 0 Å². The summed E-state index contributed by atoms with van der Waals surface area (Å²) in [6, 6.07) is 6.47. The van der Waals surface area contributed by atoms with Gasteiger partial charge in [0.1, 0.15) is 10.8 Å². The molecule has 1 atom stereocenters. The maximum atomic E-state index is 13.8. The highest BCUT2D eigenvalue weighted by molar-refractivity contribution is 7.15. The largest absolute Gasteiger partial charge is 0.349 e. The summed E-state index contributed by atoms with van der Waals surface area (Å²) >= 11 is 1.42. The number of carbonyl (C=O) groups excluding carboxylic acids is 1. The van der Waals surface area contributed by atoms with Crippen LogP contribution >= 0.6 is 11.3 Å². The molecule has 0 spiro atoms. The van der Waals surface area contributed by atoms with Crippen molar-refractivity contribution in [3.63, 3.8) is 0 Å². The zero-order valence-corrected chi connectivity index (χ0v) is 12.6. The van der Waals surface area contributed by atoms with E-state index in [0.717, 1.165) is 10.6 Å². The first-order valence-corrected chi connectivity index (χ1v) is 7.36. The van der Waals surface area contributed by atoms with Crippen LogP contribution in [-0.2, 0) is 4.79 Å². The van der Waals surface area contributed by atoms with E-state index in [0.29, 0.717) is 17.0 Å². The number of hydrogen-bond acceptors (Lipinski definition) is 3. The highest BCUT2D eigenvalue weighted by atomic mass is 32.1. The number of carbonyl (C=O) groups is 1. The molecule has 2 aromatic rings. The number of aryl methyl sites for hydroxylation is 1. The van der Waals surface area contributed by atoms with Crippen molar-refractivity contribution in [1.82, 2.24) is 10.3 Å². The second-order valence-corrected chi connectivity index (χ2v) is 5.62. The fourth-order valence-electron chi connectivity index (χ4n) is 1.97. The molecule has 0 aliphatic heterocycles. The molecule has 0 unspecified atom stereocenters. The highest BCUT2D eigenvalue weighted by Crippen LogP contribution is 2.32. The quantitative estimate of drug-likeness (QED) is 0.930. The van der Waals surface area contributed by atoms with Crippen LogP contribution in [0.4, 0.5) is 4.39 Å². The fraction of sp³-hybridized carbons (Fsp3) is 0.333. The van der Waals surface area contributed by atoms with E-state index in [-0.39, 0.29) is 17.8 Å². The van der Waals surface area contributed by atoms with Gasteiger partial charge >= 0.3 is 0 Å². The molecule has 20 heavy (non-hydrogen) atoms. The summed E-state index contributed by atoms with van der Waals surface area (Å²) in [5, 5.41) is 3.55. The van der Waals surface area contributed by atoms with Crippen LogP contribution in [0.2, 0.25) is 0 Å². The predicted molar refractivity (Wildman–Crippen MR) is 79.1 cm³/mol. The van der Waals surface area contributed by atoms with Gasteiger partial charge in [0.25, 0.3) is 0 Å². The zero-order valence-electron chi connectivity index (χ0n) is 11.7. The molecule has 0 fully saturated rings. The Morgan fingerprint density at radius 2 is 2.15 bits per heavy atom. The van der Waals surface area contributed by atoms with Crippen LogP contribution in [0.5, 0.6) is 0 Å². The fourth-order valence-corrected chi connectivity index (χ4v) is 3.06. The lowest BCUT2D eigenvalue weighted by Crippen LogP contribution is -2.25. The molecule has 1 aromatic carbocycles. The normalized spacial score (nSPS) is 12.2. The summed E-state index contributed by atoms with van der Waals surface area (Å²) in [6.07, 6.45) is 0.447. The third kappa shape index (κ3) is 3.04. The standard InChI is InChI=1S/C15H17FN2OS/c1-4-13(19)17-9(2)14-10(3)18-15(20-14)11-7-5-6-8-12(11)16/h5-9H,4H2,1-3H3,(H,17,19)/t9-/m1/s1. The lowest BCUT2D eigenvalue weighted by atomic mass is 10.2. The number of rotatable bonds is 4. The van der Waals surface area contributed by atoms with Gasteiger partial charge < -0.3 is 5.32 Å². The van der Waals surface area contributed by atoms with Gasteiger partial charge in [0.15, 0.2) is 0 Å². The molecule has 3 nitrogen and oxygen atoms in total. The Balaban J connectivity index is 2.30.